The molecule has 23 heavy (non-hydrogen) atoms. The number of benzene rings is 2. The van der Waals surface area contributed by atoms with Gasteiger partial charge < -0.3 is 4.74 Å². The summed E-state index contributed by atoms with van der Waals surface area (Å²) in [7, 11) is 1.65. The number of para-hydroxylation sites is 1. The van der Waals surface area contributed by atoms with Gasteiger partial charge in [0.2, 0.25) is 0 Å². The maximum absolute atomic E-state index is 6.23. The van der Waals surface area contributed by atoms with Crippen LogP contribution in [0.15, 0.2) is 59.8 Å². The summed E-state index contributed by atoms with van der Waals surface area (Å²) in [6, 6.07) is 17.9. The Labute approximate surface area is 144 Å². The van der Waals surface area contributed by atoms with E-state index in [1.807, 2.05) is 59.2 Å². The van der Waals surface area contributed by atoms with Gasteiger partial charge in [-0.15, -0.1) is 10.2 Å². The molecule has 3 rings (SSSR count). The Bertz CT molecular complexity index is 777. The number of ether oxygens (including phenoxy) is 1. The summed E-state index contributed by atoms with van der Waals surface area (Å²) in [6.07, 6.45) is 0. The first-order chi connectivity index (χ1) is 11.3. The van der Waals surface area contributed by atoms with E-state index in [1.165, 1.54) is 0 Å². The molecule has 0 spiro atoms. The molecule has 0 aliphatic rings. The standard InChI is InChI=1S/C17H16ClN3OS/c1-22-11-16-19-20-17(21(16)14-8-3-2-4-9-14)23-12-13-7-5-6-10-15(13)18/h2-10H,11-12H2,1H3. The minimum absolute atomic E-state index is 0.411. The molecule has 118 valence electrons. The Hall–Kier alpha value is -1.82. The Morgan fingerprint density at radius 1 is 1.04 bits per heavy atom. The lowest BCUT2D eigenvalue weighted by Crippen LogP contribution is -2.03. The van der Waals surface area contributed by atoms with Gasteiger partial charge in [-0.25, -0.2) is 0 Å². The van der Waals surface area contributed by atoms with Gasteiger partial charge in [-0.05, 0) is 23.8 Å². The second kappa shape index (κ2) is 7.64. The van der Waals surface area contributed by atoms with Crippen LogP contribution >= 0.6 is 23.4 Å². The van der Waals surface area contributed by atoms with E-state index in [1.54, 1.807) is 18.9 Å². The van der Waals surface area contributed by atoms with Crippen LogP contribution < -0.4 is 0 Å². The van der Waals surface area contributed by atoms with Crippen molar-refractivity contribution in [3.8, 4) is 5.69 Å². The molecule has 6 heteroatoms. The molecular weight excluding hydrogens is 330 g/mol. The van der Waals surface area contributed by atoms with Gasteiger partial charge >= 0.3 is 0 Å². The van der Waals surface area contributed by atoms with Gasteiger partial charge in [0.25, 0.3) is 0 Å². The summed E-state index contributed by atoms with van der Waals surface area (Å²) in [5, 5.41) is 10.1. The van der Waals surface area contributed by atoms with Crippen molar-refractivity contribution in [2.45, 2.75) is 17.5 Å². The summed E-state index contributed by atoms with van der Waals surface area (Å²) >= 11 is 7.83. The summed E-state index contributed by atoms with van der Waals surface area (Å²) < 4.78 is 7.25. The monoisotopic (exact) mass is 345 g/mol. The van der Waals surface area contributed by atoms with Gasteiger partial charge in [0.05, 0.1) is 0 Å². The van der Waals surface area contributed by atoms with Crippen molar-refractivity contribution >= 4 is 23.4 Å². The molecule has 0 aliphatic heterocycles. The highest BCUT2D eigenvalue weighted by molar-refractivity contribution is 7.98. The zero-order chi connectivity index (χ0) is 16.1. The molecule has 0 saturated carbocycles. The lowest BCUT2D eigenvalue weighted by molar-refractivity contribution is 0.176. The van der Waals surface area contributed by atoms with Crippen LogP contribution in [0.2, 0.25) is 5.02 Å². The highest BCUT2D eigenvalue weighted by Gasteiger charge is 2.14. The number of halogens is 1. The average Bonchev–Trinajstić information content (AvgIpc) is 2.98. The van der Waals surface area contributed by atoms with Crippen LogP contribution in [0.4, 0.5) is 0 Å². The van der Waals surface area contributed by atoms with Crippen LogP contribution in [0.5, 0.6) is 0 Å². The molecule has 0 radical (unpaired) electrons. The second-order valence-corrected chi connectivity index (χ2v) is 6.23. The number of hydrogen-bond acceptors (Lipinski definition) is 4. The Morgan fingerprint density at radius 2 is 1.78 bits per heavy atom. The van der Waals surface area contributed by atoms with Crippen LogP contribution in [-0.2, 0) is 17.1 Å². The molecule has 0 atom stereocenters. The smallest absolute Gasteiger partial charge is 0.196 e. The summed E-state index contributed by atoms with van der Waals surface area (Å²) in [6.45, 7) is 0.411. The van der Waals surface area contributed by atoms with Crippen molar-refractivity contribution in [2.24, 2.45) is 0 Å². The third kappa shape index (κ3) is 3.75. The maximum atomic E-state index is 6.23. The lowest BCUT2D eigenvalue weighted by Gasteiger charge is -2.10. The topological polar surface area (TPSA) is 39.9 Å². The molecule has 2 aromatic carbocycles. The highest BCUT2D eigenvalue weighted by Crippen LogP contribution is 2.28. The first-order valence-corrected chi connectivity index (χ1v) is 8.51. The average molecular weight is 346 g/mol. The zero-order valence-corrected chi connectivity index (χ0v) is 14.2. The quantitative estimate of drug-likeness (QED) is 0.622. The predicted octanol–water partition coefficient (Wildman–Crippen LogP) is 4.36. The minimum Gasteiger partial charge on any atom is -0.377 e. The summed E-state index contributed by atoms with van der Waals surface area (Å²) in [5.74, 6) is 1.51. The van der Waals surface area contributed by atoms with Gasteiger partial charge in [-0.2, -0.15) is 0 Å². The van der Waals surface area contributed by atoms with Crippen LogP contribution in [0.1, 0.15) is 11.4 Å². The van der Waals surface area contributed by atoms with Crippen molar-refractivity contribution < 1.29 is 4.74 Å². The molecule has 0 fully saturated rings. The second-order valence-electron chi connectivity index (χ2n) is 4.88. The third-order valence-electron chi connectivity index (χ3n) is 3.30. The van der Waals surface area contributed by atoms with Gasteiger partial charge in [0.15, 0.2) is 11.0 Å². The van der Waals surface area contributed by atoms with Crippen LogP contribution in [0, 0.1) is 0 Å². The number of nitrogens with zero attached hydrogens (tertiary/aromatic N) is 3. The number of methoxy groups -OCH3 is 1. The summed E-state index contributed by atoms with van der Waals surface area (Å²) in [4.78, 5) is 0. The normalized spacial score (nSPS) is 10.9. The van der Waals surface area contributed by atoms with Gasteiger partial charge in [-0.1, -0.05) is 59.8 Å². The number of rotatable bonds is 6. The molecular formula is C17H16ClN3OS. The fourth-order valence-electron chi connectivity index (χ4n) is 2.21. The van der Waals surface area contributed by atoms with E-state index < -0.39 is 0 Å². The largest absolute Gasteiger partial charge is 0.377 e. The van der Waals surface area contributed by atoms with E-state index in [-0.39, 0.29) is 0 Å². The molecule has 0 unspecified atom stereocenters. The van der Waals surface area contributed by atoms with E-state index >= 15 is 0 Å². The van der Waals surface area contributed by atoms with Crippen molar-refractivity contribution in [3.05, 3.63) is 71.0 Å². The minimum atomic E-state index is 0.411. The number of aromatic nitrogens is 3. The van der Waals surface area contributed by atoms with Crippen molar-refractivity contribution in [1.82, 2.24) is 14.8 Å². The molecule has 1 heterocycles. The van der Waals surface area contributed by atoms with E-state index in [4.69, 9.17) is 16.3 Å². The number of hydrogen-bond donors (Lipinski definition) is 0. The summed E-state index contributed by atoms with van der Waals surface area (Å²) in [5.41, 5.74) is 2.10. The zero-order valence-electron chi connectivity index (χ0n) is 12.6. The fourth-order valence-corrected chi connectivity index (χ4v) is 3.47. The first kappa shape index (κ1) is 16.1. The van der Waals surface area contributed by atoms with Crippen LogP contribution in [-0.4, -0.2) is 21.9 Å². The van der Waals surface area contributed by atoms with E-state index in [2.05, 4.69) is 10.2 Å². The van der Waals surface area contributed by atoms with Gasteiger partial charge in [0.1, 0.15) is 6.61 Å². The van der Waals surface area contributed by atoms with E-state index in [9.17, 15) is 0 Å². The van der Waals surface area contributed by atoms with Crippen LogP contribution in [0.25, 0.3) is 5.69 Å². The van der Waals surface area contributed by atoms with Crippen molar-refractivity contribution in [1.29, 1.82) is 0 Å². The molecule has 0 bridgehead atoms. The molecule has 3 aromatic rings. The lowest BCUT2D eigenvalue weighted by atomic mass is 10.2. The van der Waals surface area contributed by atoms with Gasteiger partial charge in [0, 0.05) is 23.6 Å². The Kier molecular flexibility index (Phi) is 5.33. The first-order valence-electron chi connectivity index (χ1n) is 7.14. The van der Waals surface area contributed by atoms with Gasteiger partial charge in [-0.3, -0.25) is 4.57 Å². The fraction of sp³-hybridized carbons (Fsp3) is 0.176. The van der Waals surface area contributed by atoms with E-state index in [0.717, 1.165) is 33.0 Å². The highest BCUT2D eigenvalue weighted by atomic mass is 35.5. The molecule has 0 aliphatic carbocycles. The van der Waals surface area contributed by atoms with Crippen LogP contribution in [0.3, 0.4) is 0 Å². The Morgan fingerprint density at radius 3 is 2.52 bits per heavy atom. The number of thioether (sulfide) groups is 1. The van der Waals surface area contributed by atoms with Crippen molar-refractivity contribution in [2.75, 3.05) is 7.11 Å². The SMILES string of the molecule is COCc1nnc(SCc2ccccc2Cl)n1-c1ccccc1. The Balaban J connectivity index is 1.89. The molecule has 0 N–H and O–H groups in total. The third-order valence-corrected chi connectivity index (χ3v) is 4.65. The van der Waals surface area contributed by atoms with Crippen molar-refractivity contribution in [3.63, 3.8) is 0 Å². The molecule has 4 nitrogen and oxygen atoms in total. The molecule has 1 aromatic heterocycles. The maximum Gasteiger partial charge on any atom is 0.196 e. The predicted molar refractivity (Wildman–Crippen MR) is 93.1 cm³/mol. The van der Waals surface area contributed by atoms with E-state index in [0.29, 0.717) is 6.61 Å². The molecule has 0 amide bonds. The molecule has 0 saturated heterocycles.